The first-order valence-corrected chi connectivity index (χ1v) is 7.25. The molecule has 2 aliphatic rings. The van der Waals surface area contributed by atoms with E-state index in [1.54, 1.807) is 23.2 Å². The molecule has 0 aliphatic carbocycles. The van der Waals surface area contributed by atoms with Crippen molar-refractivity contribution in [2.45, 2.75) is 43.7 Å². The third-order valence-corrected chi connectivity index (χ3v) is 4.40. The first-order valence-electron chi connectivity index (χ1n) is 7.25. The number of amides is 1. The van der Waals surface area contributed by atoms with Crippen molar-refractivity contribution < 1.29 is 9.53 Å². The fraction of sp³-hybridized carbons (Fsp3) is 0.600. The zero-order valence-corrected chi connectivity index (χ0v) is 11.5. The minimum atomic E-state index is -0.479. The van der Waals surface area contributed by atoms with E-state index in [2.05, 4.69) is 11.1 Å². The molecule has 5 nitrogen and oxygen atoms in total. The second kappa shape index (κ2) is 5.29. The number of piperidine rings is 1. The van der Waals surface area contributed by atoms with Gasteiger partial charge in [-0.15, -0.1) is 0 Å². The Bertz CT molecular complexity index is 506. The maximum Gasteiger partial charge on any atom is 0.271 e. The summed E-state index contributed by atoms with van der Waals surface area (Å²) in [5, 5.41) is 9.59. The van der Waals surface area contributed by atoms with Gasteiger partial charge in [-0.2, -0.15) is 5.26 Å². The molecule has 0 bridgehead atoms. The van der Waals surface area contributed by atoms with Crippen molar-refractivity contribution in [3.63, 3.8) is 0 Å². The van der Waals surface area contributed by atoms with Crippen LogP contribution in [0.2, 0.25) is 0 Å². The van der Waals surface area contributed by atoms with Crippen LogP contribution in [0.25, 0.3) is 0 Å². The fourth-order valence-electron chi connectivity index (χ4n) is 3.41. The summed E-state index contributed by atoms with van der Waals surface area (Å²) in [7, 11) is 0. The molecule has 0 saturated carbocycles. The number of hydrogen-bond donors (Lipinski definition) is 1. The average molecular weight is 273 g/mol. The van der Waals surface area contributed by atoms with E-state index in [-0.39, 0.29) is 5.91 Å². The smallest absolute Gasteiger partial charge is 0.271 e. The Morgan fingerprint density at radius 3 is 2.95 bits per heavy atom. The van der Waals surface area contributed by atoms with Gasteiger partial charge in [-0.25, -0.2) is 0 Å². The number of aromatic amines is 1. The van der Waals surface area contributed by atoms with Crippen LogP contribution in [0.15, 0.2) is 18.3 Å². The molecule has 20 heavy (non-hydrogen) atoms. The summed E-state index contributed by atoms with van der Waals surface area (Å²) >= 11 is 0. The number of hydrogen-bond acceptors (Lipinski definition) is 3. The quantitative estimate of drug-likeness (QED) is 0.851. The number of carbonyl (C=O) groups is 1. The summed E-state index contributed by atoms with van der Waals surface area (Å²) in [5.74, 6) is -0.102. The first-order chi connectivity index (χ1) is 9.77. The van der Waals surface area contributed by atoms with Crippen LogP contribution in [0.3, 0.4) is 0 Å². The van der Waals surface area contributed by atoms with Gasteiger partial charge in [-0.05, 0) is 44.2 Å². The largest absolute Gasteiger partial charge is 0.372 e. The Hall–Kier alpha value is -1.80. The highest BCUT2D eigenvalue weighted by Crippen LogP contribution is 2.38. The average Bonchev–Trinajstić information content (AvgIpc) is 3.01. The van der Waals surface area contributed by atoms with Crippen molar-refractivity contribution in [2.75, 3.05) is 13.2 Å². The monoisotopic (exact) mass is 273 g/mol. The maximum absolute atomic E-state index is 12.5. The Morgan fingerprint density at radius 1 is 1.45 bits per heavy atom. The van der Waals surface area contributed by atoms with E-state index in [1.807, 2.05) is 0 Å². The molecule has 1 spiro atoms. The number of nitriles is 1. The maximum atomic E-state index is 12.5. The summed E-state index contributed by atoms with van der Waals surface area (Å²) in [5.41, 5.74) is 0.0890. The van der Waals surface area contributed by atoms with Crippen molar-refractivity contribution in [3.05, 3.63) is 24.0 Å². The van der Waals surface area contributed by atoms with Crippen molar-refractivity contribution in [1.29, 1.82) is 5.26 Å². The lowest BCUT2D eigenvalue weighted by Crippen LogP contribution is -2.60. The molecule has 1 N–H and O–H groups in total. The SMILES string of the molecule is N#C[C@@H]1N(C(=O)c2ccc[nH]2)CCC[C@@]12CCCCO2. The van der Waals surface area contributed by atoms with Crippen LogP contribution in [0.4, 0.5) is 0 Å². The number of nitrogens with one attached hydrogen (secondary N) is 1. The predicted octanol–water partition coefficient (Wildman–Crippen LogP) is 2.08. The van der Waals surface area contributed by atoms with Crippen LogP contribution in [0, 0.1) is 11.3 Å². The van der Waals surface area contributed by atoms with Crippen LogP contribution >= 0.6 is 0 Å². The number of aromatic nitrogens is 1. The Morgan fingerprint density at radius 2 is 2.30 bits per heavy atom. The molecule has 1 aromatic heterocycles. The van der Waals surface area contributed by atoms with E-state index in [1.165, 1.54) is 0 Å². The molecular weight excluding hydrogens is 254 g/mol. The minimum absolute atomic E-state index is 0.102. The predicted molar refractivity (Wildman–Crippen MR) is 73.0 cm³/mol. The standard InChI is InChI=1S/C15H19N3O2/c16-11-13-15(6-1-2-10-20-15)7-4-9-18(13)14(19)12-5-3-8-17-12/h3,5,8,13,17H,1-2,4,6-7,9-10H2/t13-,15-/m0/s1. The van der Waals surface area contributed by atoms with E-state index >= 15 is 0 Å². The van der Waals surface area contributed by atoms with Gasteiger partial charge in [0.1, 0.15) is 17.3 Å². The molecule has 3 rings (SSSR count). The lowest BCUT2D eigenvalue weighted by molar-refractivity contribution is -0.128. The molecular formula is C15H19N3O2. The number of rotatable bonds is 1. The van der Waals surface area contributed by atoms with Crippen molar-refractivity contribution in [1.82, 2.24) is 9.88 Å². The Balaban J connectivity index is 1.87. The number of ether oxygens (including phenoxy) is 1. The second-order valence-electron chi connectivity index (χ2n) is 5.59. The lowest BCUT2D eigenvalue weighted by Gasteiger charge is -2.48. The summed E-state index contributed by atoms with van der Waals surface area (Å²) in [4.78, 5) is 17.2. The normalized spacial score (nSPS) is 30.1. The first kappa shape index (κ1) is 13.2. The number of carbonyl (C=O) groups excluding carboxylic acids is 1. The van der Waals surface area contributed by atoms with Crippen LogP contribution in [-0.2, 0) is 4.74 Å². The fourth-order valence-corrected chi connectivity index (χ4v) is 3.41. The number of likely N-dealkylation sites (tertiary alicyclic amines) is 1. The summed E-state index contributed by atoms with van der Waals surface area (Å²) < 4.78 is 5.98. The summed E-state index contributed by atoms with van der Waals surface area (Å²) in [6.07, 6.45) is 6.49. The molecule has 1 amide bonds. The highest BCUT2D eigenvalue weighted by molar-refractivity contribution is 5.93. The molecule has 106 valence electrons. The Labute approximate surface area is 118 Å². The highest BCUT2D eigenvalue weighted by atomic mass is 16.5. The lowest BCUT2D eigenvalue weighted by atomic mass is 9.79. The van der Waals surface area contributed by atoms with Crippen molar-refractivity contribution in [2.24, 2.45) is 0 Å². The van der Waals surface area contributed by atoms with E-state index in [0.29, 0.717) is 18.8 Å². The van der Waals surface area contributed by atoms with Gasteiger partial charge < -0.3 is 14.6 Å². The van der Waals surface area contributed by atoms with Crippen LogP contribution in [0.5, 0.6) is 0 Å². The van der Waals surface area contributed by atoms with Crippen LogP contribution in [0.1, 0.15) is 42.6 Å². The third-order valence-electron chi connectivity index (χ3n) is 4.40. The molecule has 0 radical (unpaired) electrons. The summed E-state index contributed by atoms with van der Waals surface area (Å²) in [6.45, 7) is 1.32. The molecule has 2 saturated heterocycles. The van der Waals surface area contributed by atoms with Gasteiger partial charge in [0.25, 0.3) is 5.91 Å². The molecule has 5 heteroatoms. The molecule has 1 aromatic rings. The van der Waals surface area contributed by atoms with E-state index in [0.717, 1.165) is 32.1 Å². The van der Waals surface area contributed by atoms with E-state index in [9.17, 15) is 10.1 Å². The zero-order chi connectivity index (χ0) is 14.0. The van der Waals surface area contributed by atoms with Crippen molar-refractivity contribution >= 4 is 5.91 Å². The highest BCUT2D eigenvalue weighted by Gasteiger charge is 2.48. The number of nitrogens with zero attached hydrogens (tertiary/aromatic N) is 2. The molecule has 0 unspecified atom stereocenters. The van der Waals surface area contributed by atoms with Crippen LogP contribution < -0.4 is 0 Å². The van der Waals surface area contributed by atoms with E-state index in [4.69, 9.17) is 4.74 Å². The second-order valence-corrected chi connectivity index (χ2v) is 5.59. The van der Waals surface area contributed by atoms with E-state index < -0.39 is 11.6 Å². The van der Waals surface area contributed by atoms with Gasteiger partial charge in [-0.3, -0.25) is 4.79 Å². The molecule has 0 aromatic carbocycles. The van der Waals surface area contributed by atoms with Gasteiger partial charge in [0.15, 0.2) is 0 Å². The van der Waals surface area contributed by atoms with Gasteiger partial charge >= 0.3 is 0 Å². The third kappa shape index (κ3) is 2.10. The summed E-state index contributed by atoms with van der Waals surface area (Å²) in [6, 6.07) is 5.39. The zero-order valence-electron chi connectivity index (χ0n) is 11.5. The van der Waals surface area contributed by atoms with Gasteiger partial charge in [0.05, 0.1) is 6.07 Å². The van der Waals surface area contributed by atoms with Crippen LogP contribution in [-0.4, -0.2) is 40.6 Å². The topological polar surface area (TPSA) is 69.1 Å². The Kier molecular flexibility index (Phi) is 3.49. The van der Waals surface area contributed by atoms with Gasteiger partial charge in [-0.1, -0.05) is 0 Å². The minimum Gasteiger partial charge on any atom is -0.372 e. The molecule has 2 atom stereocenters. The van der Waals surface area contributed by atoms with Gasteiger partial charge in [0, 0.05) is 19.3 Å². The molecule has 3 heterocycles. The van der Waals surface area contributed by atoms with Gasteiger partial charge in [0.2, 0.25) is 0 Å². The molecule has 2 fully saturated rings. The number of H-pyrrole nitrogens is 1. The van der Waals surface area contributed by atoms with Crippen molar-refractivity contribution in [3.8, 4) is 6.07 Å². The molecule has 2 aliphatic heterocycles.